The summed E-state index contributed by atoms with van der Waals surface area (Å²) in [7, 11) is 1.50. The topological polar surface area (TPSA) is 75.5 Å². The summed E-state index contributed by atoms with van der Waals surface area (Å²) in [5.41, 5.74) is 0.454. The summed E-state index contributed by atoms with van der Waals surface area (Å²) in [5, 5.41) is 11.2. The van der Waals surface area contributed by atoms with E-state index in [4.69, 9.17) is 4.74 Å². The van der Waals surface area contributed by atoms with Crippen molar-refractivity contribution in [2.24, 2.45) is 11.8 Å². The first-order valence-corrected chi connectivity index (χ1v) is 12.7. The molecule has 6 nitrogen and oxygen atoms in total. The summed E-state index contributed by atoms with van der Waals surface area (Å²) in [6.45, 7) is 1.96. The van der Waals surface area contributed by atoms with E-state index in [0.29, 0.717) is 36.0 Å². The van der Waals surface area contributed by atoms with Crippen LogP contribution in [0.2, 0.25) is 0 Å². The third-order valence-electron chi connectivity index (χ3n) is 6.62. The maximum atomic E-state index is 15.4. The van der Waals surface area contributed by atoms with Crippen molar-refractivity contribution in [3.8, 4) is 5.75 Å². The van der Waals surface area contributed by atoms with Gasteiger partial charge in [-0.25, -0.2) is 13.8 Å². The number of ether oxygens (including phenoxy) is 1. The average molecular weight is 502 g/mol. The Balaban J connectivity index is 1.37. The van der Waals surface area contributed by atoms with Crippen LogP contribution in [0, 0.1) is 17.7 Å². The number of aromatic nitrogens is 2. The molecule has 1 fully saturated rings. The van der Waals surface area contributed by atoms with Crippen molar-refractivity contribution in [3.05, 3.63) is 60.2 Å². The molecule has 0 bridgehead atoms. The number of aliphatic carboxylic acids is 1. The van der Waals surface area contributed by atoms with Crippen LogP contribution in [0.1, 0.15) is 31.0 Å². The van der Waals surface area contributed by atoms with E-state index < -0.39 is 23.9 Å². The molecule has 2 aromatic heterocycles. The Morgan fingerprint density at radius 2 is 2.17 bits per heavy atom. The molecule has 35 heavy (non-hydrogen) atoms. The van der Waals surface area contributed by atoms with Crippen LogP contribution in [0.15, 0.2) is 53.8 Å². The van der Waals surface area contributed by atoms with Crippen molar-refractivity contribution in [1.82, 2.24) is 14.9 Å². The lowest BCUT2D eigenvalue weighted by Crippen LogP contribution is -2.44. The third kappa shape index (κ3) is 6.27. The number of alkyl halides is 1. The van der Waals surface area contributed by atoms with Gasteiger partial charge in [-0.1, -0.05) is 6.07 Å². The number of likely N-dealkylation sites (tertiary alicyclic amines) is 1. The highest BCUT2D eigenvalue weighted by atomic mass is 32.2. The number of rotatable bonds is 10. The van der Waals surface area contributed by atoms with Gasteiger partial charge in [-0.3, -0.25) is 9.78 Å². The number of carboxylic acids is 1. The molecule has 0 aliphatic carbocycles. The van der Waals surface area contributed by atoms with Gasteiger partial charge in [-0.2, -0.15) is 0 Å². The number of piperidine rings is 1. The second-order valence-corrected chi connectivity index (χ2v) is 9.87. The molecule has 1 N–H and O–H groups in total. The Bertz CT molecular complexity index is 1150. The number of fused-ring (bicyclic) bond motifs is 1. The SMILES string of the molecule is COc1ccc2ncc(F)c(C(F)CCC3CCN(CCSc4ccccn4)CC3C(=O)O)c2c1. The molecule has 3 atom stereocenters. The number of benzene rings is 1. The Kier molecular flexibility index (Phi) is 8.51. The highest BCUT2D eigenvalue weighted by molar-refractivity contribution is 7.99. The van der Waals surface area contributed by atoms with Crippen LogP contribution >= 0.6 is 11.8 Å². The Morgan fingerprint density at radius 3 is 2.91 bits per heavy atom. The van der Waals surface area contributed by atoms with E-state index in [-0.39, 0.29) is 17.9 Å². The Labute approximate surface area is 207 Å². The lowest BCUT2D eigenvalue weighted by atomic mass is 9.81. The third-order valence-corrected chi connectivity index (χ3v) is 7.55. The molecule has 0 amide bonds. The maximum absolute atomic E-state index is 15.4. The maximum Gasteiger partial charge on any atom is 0.308 e. The number of pyridine rings is 2. The van der Waals surface area contributed by atoms with Gasteiger partial charge < -0.3 is 14.7 Å². The van der Waals surface area contributed by atoms with Crippen LogP contribution in [0.3, 0.4) is 0 Å². The predicted octanol–water partition coefficient (Wildman–Crippen LogP) is 5.38. The van der Waals surface area contributed by atoms with Crippen LogP contribution in [0.25, 0.3) is 10.9 Å². The van der Waals surface area contributed by atoms with E-state index in [1.807, 2.05) is 18.2 Å². The monoisotopic (exact) mass is 501 g/mol. The molecule has 3 heterocycles. The van der Waals surface area contributed by atoms with Crippen molar-refractivity contribution in [2.45, 2.75) is 30.5 Å². The van der Waals surface area contributed by atoms with Crippen LogP contribution in [-0.4, -0.2) is 58.4 Å². The van der Waals surface area contributed by atoms with E-state index >= 15 is 4.39 Å². The summed E-state index contributed by atoms with van der Waals surface area (Å²) in [6, 6.07) is 10.7. The summed E-state index contributed by atoms with van der Waals surface area (Å²) < 4.78 is 35.2. The van der Waals surface area contributed by atoms with Gasteiger partial charge in [0.15, 0.2) is 0 Å². The standard InChI is InChI=1S/C26H29F2N3O3S/c1-34-18-6-8-23-19(14-18)25(22(28)15-30-23)21(27)7-5-17-9-11-31(16-20(17)26(32)33)12-13-35-24-4-2-3-10-29-24/h2-4,6,8,10,14-15,17,20-21H,5,7,9,11-13,16H2,1H3,(H,32,33). The molecule has 1 aliphatic heterocycles. The van der Waals surface area contributed by atoms with E-state index in [2.05, 4.69) is 14.9 Å². The molecule has 0 saturated carbocycles. The smallest absolute Gasteiger partial charge is 0.308 e. The fourth-order valence-electron chi connectivity index (χ4n) is 4.73. The van der Waals surface area contributed by atoms with Crippen LogP contribution in [0.5, 0.6) is 5.75 Å². The molecule has 1 saturated heterocycles. The molecule has 3 aromatic rings. The van der Waals surface area contributed by atoms with Gasteiger partial charge in [0.25, 0.3) is 0 Å². The molecular weight excluding hydrogens is 472 g/mol. The summed E-state index contributed by atoms with van der Waals surface area (Å²) in [4.78, 5) is 22.5. The van der Waals surface area contributed by atoms with Gasteiger partial charge in [0.05, 0.1) is 29.8 Å². The van der Waals surface area contributed by atoms with Crippen molar-refractivity contribution >= 4 is 28.6 Å². The van der Waals surface area contributed by atoms with Crippen molar-refractivity contribution in [2.75, 3.05) is 32.5 Å². The van der Waals surface area contributed by atoms with Gasteiger partial charge in [0, 0.05) is 36.0 Å². The van der Waals surface area contributed by atoms with Crippen molar-refractivity contribution < 1.29 is 23.4 Å². The van der Waals surface area contributed by atoms with E-state index in [1.165, 1.54) is 7.11 Å². The normalized spacial score (nSPS) is 19.5. The average Bonchev–Trinajstić information content (AvgIpc) is 2.87. The minimum atomic E-state index is -1.56. The highest BCUT2D eigenvalue weighted by Gasteiger charge is 2.34. The minimum Gasteiger partial charge on any atom is -0.497 e. The highest BCUT2D eigenvalue weighted by Crippen LogP contribution is 2.36. The van der Waals surface area contributed by atoms with Gasteiger partial charge >= 0.3 is 5.97 Å². The van der Waals surface area contributed by atoms with Crippen molar-refractivity contribution in [1.29, 1.82) is 0 Å². The molecule has 186 valence electrons. The largest absolute Gasteiger partial charge is 0.497 e. The van der Waals surface area contributed by atoms with Crippen LogP contribution in [0.4, 0.5) is 8.78 Å². The van der Waals surface area contributed by atoms with E-state index in [9.17, 15) is 14.3 Å². The second kappa shape index (κ2) is 11.8. The molecule has 0 spiro atoms. The number of methoxy groups -OCH3 is 1. The zero-order chi connectivity index (χ0) is 24.8. The molecular formula is C26H29F2N3O3S. The second-order valence-electron chi connectivity index (χ2n) is 8.76. The number of carbonyl (C=O) groups is 1. The molecule has 9 heteroatoms. The summed E-state index contributed by atoms with van der Waals surface area (Å²) >= 11 is 1.64. The zero-order valence-corrected chi connectivity index (χ0v) is 20.4. The Hall–Kier alpha value is -2.78. The van der Waals surface area contributed by atoms with Crippen molar-refractivity contribution in [3.63, 3.8) is 0 Å². The van der Waals surface area contributed by atoms with E-state index in [1.54, 1.807) is 36.2 Å². The quantitative estimate of drug-likeness (QED) is 0.374. The van der Waals surface area contributed by atoms with Crippen LogP contribution in [-0.2, 0) is 4.79 Å². The number of hydrogen-bond donors (Lipinski definition) is 1. The van der Waals surface area contributed by atoms with Crippen LogP contribution < -0.4 is 4.74 Å². The van der Waals surface area contributed by atoms with Gasteiger partial charge in [0.2, 0.25) is 0 Å². The number of nitrogens with zero attached hydrogens (tertiary/aromatic N) is 3. The lowest BCUT2D eigenvalue weighted by Gasteiger charge is -2.36. The minimum absolute atomic E-state index is 0.0373. The summed E-state index contributed by atoms with van der Waals surface area (Å²) in [5.74, 6) is -0.978. The summed E-state index contributed by atoms with van der Waals surface area (Å²) in [6.07, 6.45) is 2.33. The first kappa shape index (κ1) is 25.3. The molecule has 4 rings (SSSR count). The molecule has 3 unspecified atom stereocenters. The number of carboxylic acid groups (broad SMARTS) is 1. The van der Waals surface area contributed by atoms with Gasteiger partial charge in [-0.05, 0) is 62.1 Å². The Morgan fingerprint density at radius 1 is 1.31 bits per heavy atom. The molecule has 1 aliphatic rings. The first-order valence-electron chi connectivity index (χ1n) is 11.7. The van der Waals surface area contributed by atoms with E-state index in [0.717, 1.165) is 30.1 Å². The predicted molar refractivity (Wildman–Crippen MR) is 132 cm³/mol. The lowest BCUT2D eigenvalue weighted by molar-refractivity contribution is -0.146. The van der Waals surface area contributed by atoms with Gasteiger partial charge in [-0.15, -0.1) is 11.8 Å². The zero-order valence-electron chi connectivity index (χ0n) is 19.6. The number of thioether (sulfide) groups is 1. The molecule has 1 aromatic carbocycles. The first-order chi connectivity index (χ1) is 17.0. The fraction of sp³-hybridized carbons (Fsp3) is 0.423. The number of halogens is 2. The molecule has 0 radical (unpaired) electrons. The van der Waals surface area contributed by atoms with Gasteiger partial charge in [0.1, 0.15) is 17.7 Å². The number of hydrogen-bond acceptors (Lipinski definition) is 6. The fourth-order valence-corrected chi connectivity index (χ4v) is 5.59.